The van der Waals surface area contributed by atoms with E-state index >= 15 is 0 Å². The number of hydrogen-bond acceptors (Lipinski definition) is 5. The number of aryl methyl sites for hydroxylation is 1. The van der Waals surface area contributed by atoms with Gasteiger partial charge >= 0.3 is 0 Å². The number of aliphatic hydroxyl groups excluding tert-OH is 1. The van der Waals surface area contributed by atoms with Gasteiger partial charge in [0.2, 0.25) is 0 Å². The van der Waals surface area contributed by atoms with Gasteiger partial charge in [0.25, 0.3) is 0 Å². The van der Waals surface area contributed by atoms with E-state index in [2.05, 4.69) is 0 Å². The van der Waals surface area contributed by atoms with E-state index in [1.807, 2.05) is 18.2 Å². The molecule has 0 aliphatic heterocycles. The number of rotatable bonds is 8. The maximum Gasteiger partial charge on any atom is 0.160 e. The minimum atomic E-state index is 0.0818. The molecule has 0 aliphatic carbocycles. The topological polar surface area (TPSA) is 79.2 Å². The molecule has 2 aromatic rings. The Balaban J connectivity index is 1.99. The Kier molecular flexibility index (Phi) is 6.32. The van der Waals surface area contributed by atoms with Gasteiger partial charge in [-0.25, -0.2) is 0 Å². The molecule has 0 spiro atoms. The maximum absolute atomic E-state index is 9.65. The molecule has 5 nitrogen and oxygen atoms in total. The first-order valence-corrected chi connectivity index (χ1v) is 7.90. The van der Waals surface area contributed by atoms with Crippen LogP contribution in [-0.2, 0) is 12.8 Å². The summed E-state index contributed by atoms with van der Waals surface area (Å²) in [5, 5.41) is 28.9. The van der Waals surface area contributed by atoms with Crippen LogP contribution in [0.5, 0.6) is 23.0 Å². The van der Waals surface area contributed by atoms with Gasteiger partial charge in [-0.2, -0.15) is 0 Å². The van der Waals surface area contributed by atoms with Gasteiger partial charge in [-0.1, -0.05) is 12.1 Å². The molecule has 0 unspecified atom stereocenters. The Morgan fingerprint density at radius 1 is 0.875 bits per heavy atom. The van der Waals surface area contributed by atoms with Crippen molar-refractivity contribution in [1.82, 2.24) is 0 Å². The third kappa shape index (κ3) is 4.55. The largest absolute Gasteiger partial charge is 0.504 e. The van der Waals surface area contributed by atoms with Crippen LogP contribution in [0.1, 0.15) is 17.5 Å². The number of phenols is 2. The van der Waals surface area contributed by atoms with Crippen molar-refractivity contribution in [3.63, 3.8) is 0 Å². The first kappa shape index (κ1) is 17.9. The van der Waals surface area contributed by atoms with E-state index in [1.165, 1.54) is 14.2 Å². The lowest BCUT2D eigenvalue weighted by molar-refractivity contribution is 0.218. The van der Waals surface area contributed by atoms with Gasteiger partial charge in [0.15, 0.2) is 23.0 Å². The molecular formula is C19H24O5. The highest BCUT2D eigenvalue weighted by Crippen LogP contribution is 2.29. The van der Waals surface area contributed by atoms with Crippen LogP contribution in [0.25, 0.3) is 0 Å². The van der Waals surface area contributed by atoms with Crippen molar-refractivity contribution in [3.8, 4) is 23.0 Å². The van der Waals surface area contributed by atoms with Crippen molar-refractivity contribution in [3.05, 3.63) is 47.5 Å². The zero-order valence-electron chi connectivity index (χ0n) is 14.0. The average Bonchev–Trinajstić information content (AvgIpc) is 2.61. The highest BCUT2D eigenvalue weighted by atomic mass is 16.5. The molecule has 0 aromatic heterocycles. The number of aromatic hydroxyl groups is 2. The van der Waals surface area contributed by atoms with Crippen LogP contribution in [-0.4, -0.2) is 36.1 Å². The van der Waals surface area contributed by atoms with Gasteiger partial charge in [-0.05, 0) is 60.6 Å². The summed E-state index contributed by atoms with van der Waals surface area (Å²) in [7, 11) is 3.04. The molecule has 0 heterocycles. The van der Waals surface area contributed by atoms with Crippen LogP contribution in [0, 0.1) is 5.92 Å². The van der Waals surface area contributed by atoms with Gasteiger partial charge in [0.05, 0.1) is 14.2 Å². The summed E-state index contributed by atoms with van der Waals surface area (Å²) in [5.74, 6) is 1.22. The number of hydrogen-bond donors (Lipinski definition) is 3. The van der Waals surface area contributed by atoms with Crippen LogP contribution in [0.15, 0.2) is 36.4 Å². The Labute approximate surface area is 142 Å². The fraction of sp³-hybridized carbons (Fsp3) is 0.368. The fourth-order valence-corrected chi connectivity index (χ4v) is 2.69. The Hall–Kier alpha value is -2.40. The van der Waals surface area contributed by atoms with Crippen molar-refractivity contribution in [2.75, 3.05) is 20.8 Å². The Morgan fingerprint density at radius 3 is 1.96 bits per heavy atom. The van der Waals surface area contributed by atoms with Gasteiger partial charge in [-0.3, -0.25) is 0 Å². The Morgan fingerprint density at radius 2 is 1.42 bits per heavy atom. The zero-order valence-corrected chi connectivity index (χ0v) is 14.0. The molecule has 0 amide bonds. The Bertz CT molecular complexity index is 669. The van der Waals surface area contributed by atoms with Crippen LogP contribution < -0.4 is 9.47 Å². The van der Waals surface area contributed by atoms with Gasteiger partial charge in [0.1, 0.15) is 0 Å². The quantitative estimate of drug-likeness (QED) is 0.693. The minimum absolute atomic E-state index is 0.0818. The van der Waals surface area contributed by atoms with Crippen LogP contribution in [0.2, 0.25) is 0 Å². The summed E-state index contributed by atoms with van der Waals surface area (Å²) in [6, 6.07) is 10.5. The summed E-state index contributed by atoms with van der Waals surface area (Å²) >= 11 is 0. The maximum atomic E-state index is 9.65. The third-order valence-electron chi connectivity index (χ3n) is 4.11. The first-order chi connectivity index (χ1) is 11.6. The molecule has 2 aromatic carbocycles. The van der Waals surface area contributed by atoms with E-state index in [-0.39, 0.29) is 24.0 Å². The second-order valence-electron chi connectivity index (χ2n) is 5.80. The molecule has 2 rings (SSSR count). The minimum Gasteiger partial charge on any atom is -0.504 e. The van der Waals surface area contributed by atoms with Crippen LogP contribution in [0.4, 0.5) is 0 Å². The fourth-order valence-electron chi connectivity index (χ4n) is 2.69. The smallest absolute Gasteiger partial charge is 0.160 e. The number of benzene rings is 2. The number of phenolic OH excluding ortho intramolecular Hbond substituents is 2. The predicted octanol–water partition coefficient (Wildman–Crippen LogP) is 2.90. The summed E-state index contributed by atoms with van der Waals surface area (Å²) < 4.78 is 10.2. The second kappa shape index (κ2) is 8.45. The normalized spacial score (nSPS) is 12.0. The summed E-state index contributed by atoms with van der Waals surface area (Å²) in [6.45, 7) is 0.0818. The average molecular weight is 332 g/mol. The van der Waals surface area contributed by atoms with Crippen molar-refractivity contribution < 1.29 is 24.8 Å². The molecule has 3 N–H and O–H groups in total. The second-order valence-corrected chi connectivity index (χ2v) is 5.80. The van der Waals surface area contributed by atoms with E-state index < -0.39 is 0 Å². The van der Waals surface area contributed by atoms with E-state index in [1.54, 1.807) is 18.2 Å². The van der Waals surface area contributed by atoms with E-state index in [0.717, 1.165) is 24.0 Å². The standard InChI is InChI=1S/C19H24O5/c1-23-18-10-13(5-7-16(18)21)3-4-15(12-20)9-14-6-8-17(22)19(11-14)24-2/h5-8,10-11,15,20-22H,3-4,9,12H2,1-2H3/t15-/m1/s1. The van der Waals surface area contributed by atoms with Gasteiger partial charge < -0.3 is 24.8 Å². The molecule has 130 valence electrons. The van der Waals surface area contributed by atoms with E-state index in [4.69, 9.17) is 9.47 Å². The lowest BCUT2D eigenvalue weighted by atomic mass is 9.93. The number of aliphatic hydroxyl groups is 1. The molecule has 5 heteroatoms. The van der Waals surface area contributed by atoms with Crippen molar-refractivity contribution in [2.24, 2.45) is 5.92 Å². The monoisotopic (exact) mass is 332 g/mol. The zero-order chi connectivity index (χ0) is 17.5. The molecule has 0 saturated carbocycles. The molecule has 0 fully saturated rings. The first-order valence-electron chi connectivity index (χ1n) is 7.90. The third-order valence-corrected chi connectivity index (χ3v) is 4.11. The highest BCUT2D eigenvalue weighted by molar-refractivity contribution is 5.42. The molecule has 0 aliphatic rings. The molecule has 0 radical (unpaired) electrons. The lowest BCUT2D eigenvalue weighted by Crippen LogP contribution is -2.11. The van der Waals surface area contributed by atoms with Crippen molar-refractivity contribution >= 4 is 0 Å². The predicted molar refractivity (Wildman–Crippen MR) is 91.9 cm³/mol. The van der Waals surface area contributed by atoms with Crippen LogP contribution in [0.3, 0.4) is 0 Å². The molecule has 1 atom stereocenters. The summed E-state index contributed by atoms with van der Waals surface area (Å²) in [4.78, 5) is 0. The molecule has 24 heavy (non-hydrogen) atoms. The summed E-state index contributed by atoms with van der Waals surface area (Å²) in [5.41, 5.74) is 2.05. The van der Waals surface area contributed by atoms with Crippen LogP contribution >= 0.6 is 0 Å². The van der Waals surface area contributed by atoms with Gasteiger partial charge in [0, 0.05) is 6.61 Å². The van der Waals surface area contributed by atoms with Crippen molar-refractivity contribution in [2.45, 2.75) is 19.3 Å². The molecule has 0 saturated heterocycles. The highest BCUT2D eigenvalue weighted by Gasteiger charge is 2.12. The number of methoxy groups -OCH3 is 2. The van der Waals surface area contributed by atoms with E-state index in [9.17, 15) is 15.3 Å². The number of ether oxygens (including phenoxy) is 2. The van der Waals surface area contributed by atoms with Crippen molar-refractivity contribution in [1.29, 1.82) is 0 Å². The molecular weight excluding hydrogens is 308 g/mol. The summed E-state index contributed by atoms with van der Waals surface area (Å²) in [6.07, 6.45) is 2.27. The van der Waals surface area contributed by atoms with E-state index in [0.29, 0.717) is 17.9 Å². The molecule has 0 bridgehead atoms. The SMILES string of the molecule is COc1cc(CC[C@@H](CO)Cc2ccc(O)c(OC)c2)ccc1O. The lowest BCUT2D eigenvalue weighted by Gasteiger charge is -2.15. The van der Waals surface area contributed by atoms with Gasteiger partial charge in [-0.15, -0.1) is 0 Å².